The summed E-state index contributed by atoms with van der Waals surface area (Å²) in [6.07, 6.45) is 4.53. The lowest BCUT2D eigenvalue weighted by Gasteiger charge is -2.12. The van der Waals surface area contributed by atoms with E-state index < -0.39 is 0 Å². The van der Waals surface area contributed by atoms with Gasteiger partial charge in [0.05, 0.1) is 0 Å². The highest BCUT2D eigenvalue weighted by atomic mass is 32.2. The molecule has 1 fully saturated rings. The summed E-state index contributed by atoms with van der Waals surface area (Å²) in [4.78, 5) is 12.7. The van der Waals surface area contributed by atoms with Gasteiger partial charge >= 0.3 is 0 Å². The second kappa shape index (κ2) is 4.72. The molecule has 1 amide bonds. The van der Waals surface area contributed by atoms with Crippen molar-refractivity contribution in [2.45, 2.75) is 22.5 Å². The van der Waals surface area contributed by atoms with Gasteiger partial charge in [0.2, 0.25) is 0 Å². The van der Waals surface area contributed by atoms with Crippen LogP contribution in [0.4, 0.5) is 0 Å². The maximum absolute atomic E-state index is 11.8. The van der Waals surface area contributed by atoms with Crippen molar-refractivity contribution in [1.82, 2.24) is 5.32 Å². The number of amides is 1. The number of thiol groups is 1. The van der Waals surface area contributed by atoms with Gasteiger partial charge in [-0.05, 0) is 43.4 Å². The topological polar surface area (TPSA) is 29.1 Å². The number of carbonyl (C=O) groups excluding carboxylic acids is 1. The highest BCUT2D eigenvalue weighted by Crippen LogP contribution is 2.46. The van der Waals surface area contributed by atoms with Crippen molar-refractivity contribution in [2.24, 2.45) is 0 Å². The number of benzene rings is 1. The predicted molar refractivity (Wildman–Crippen MR) is 71.5 cm³/mol. The average molecular weight is 253 g/mol. The maximum Gasteiger partial charge on any atom is 0.251 e. The molecule has 16 heavy (non-hydrogen) atoms. The van der Waals surface area contributed by atoms with Gasteiger partial charge in [0.15, 0.2) is 0 Å². The SMILES string of the molecule is CSC1(CNC(=O)c2ccc(S)cc2)CC1. The summed E-state index contributed by atoms with van der Waals surface area (Å²) >= 11 is 6.04. The monoisotopic (exact) mass is 253 g/mol. The molecule has 0 unspecified atom stereocenters. The minimum atomic E-state index is 0.00802. The summed E-state index contributed by atoms with van der Waals surface area (Å²) in [6.45, 7) is 0.773. The fraction of sp³-hybridized carbons (Fsp3) is 0.417. The number of hydrogen-bond acceptors (Lipinski definition) is 3. The molecule has 2 rings (SSSR count). The molecule has 0 atom stereocenters. The first kappa shape index (κ1) is 11.9. The summed E-state index contributed by atoms with van der Waals surface area (Å²) in [7, 11) is 0. The predicted octanol–water partition coefficient (Wildman–Crippen LogP) is 2.60. The number of nitrogens with one attached hydrogen (secondary N) is 1. The minimum absolute atomic E-state index is 0.00802. The van der Waals surface area contributed by atoms with Gasteiger partial charge in [-0.1, -0.05) is 0 Å². The first-order chi connectivity index (χ1) is 7.65. The van der Waals surface area contributed by atoms with Crippen LogP contribution in [-0.4, -0.2) is 23.5 Å². The van der Waals surface area contributed by atoms with Crippen molar-refractivity contribution >= 4 is 30.3 Å². The Hall–Kier alpha value is -0.610. The number of rotatable bonds is 4. The Morgan fingerprint density at radius 1 is 1.44 bits per heavy atom. The van der Waals surface area contributed by atoms with Crippen LogP contribution in [-0.2, 0) is 0 Å². The zero-order valence-corrected chi connectivity index (χ0v) is 10.9. The molecular formula is C12H15NOS2. The molecule has 4 heteroatoms. The van der Waals surface area contributed by atoms with Crippen LogP contribution in [0.5, 0.6) is 0 Å². The van der Waals surface area contributed by atoms with Crippen molar-refractivity contribution in [1.29, 1.82) is 0 Å². The van der Waals surface area contributed by atoms with Crippen molar-refractivity contribution < 1.29 is 4.79 Å². The Balaban J connectivity index is 1.91. The normalized spacial score (nSPS) is 16.9. The van der Waals surface area contributed by atoms with Gasteiger partial charge in [-0.25, -0.2) is 0 Å². The zero-order chi connectivity index (χ0) is 11.6. The van der Waals surface area contributed by atoms with Crippen LogP contribution in [0.1, 0.15) is 23.2 Å². The fourth-order valence-electron chi connectivity index (χ4n) is 1.55. The van der Waals surface area contributed by atoms with Crippen molar-refractivity contribution in [3.63, 3.8) is 0 Å². The molecule has 0 aliphatic heterocycles. The average Bonchev–Trinajstić information content (AvgIpc) is 3.08. The quantitative estimate of drug-likeness (QED) is 0.808. The van der Waals surface area contributed by atoms with Gasteiger partial charge < -0.3 is 5.32 Å². The third-order valence-corrected chi connectivity index (χ3v) is 4.66. The second-order valence-electron chi connectivity index (χ2n) is 4.12. The first-order valence-corrected chi connectivity index (χ1v) is 6.95. The fourth-order valence-corrected chi connectivity index (χ4v) is 2.42. The molecule has 1 saturated carbocycles. The summed E-state index contributed by atoms with van der Waals surface area (Å²) in [5.74, 6) is 0.00802. The number of hydrogen-bond donors (Lipinski definition) is 2. The zero-order valence-electron chi connectivity index (χ0n) is 9.19. The number of carbonyl (C=O) groups is 1. The van der Waals surface area contributed by atoms with E-state index in [0.717, 1.165) is 11.4 Å². The Labute approximate surface area is 106 Å². The van der Waals surface area contributed by atoms with E-state index in [0.29, 0.717) is 10.3 Å². The minimum Gasteiger partial charge on any atom is -0.351 e. The Bertz CT molecular complexity index is 385. The lowest BCUT2D eigenvalue weighted by atomic mass is 10.2. The standard InChI is InChI=1S/C12H15NOS2/c1-16-12(6-7-12)8-13-11(14)9-2-4-10(15)5-3-9/h2-5,15H,6-8H2,1H3,(H,13,14). The van der Waals surface area contributed by atoms with E-state index in [1.54, 1.807) is 12.1 Å². The molecule has 2 nitrogen and oxygen atoms in total. The van der Waals surface area contributed by atoms with Gasteiger partial charge in [-0.2, -0.15) is 11.8 Å². The van der Waals surface area contributed by atoms with E-state index in [2.05, 4.69) is 24.2 Å². The molecule has 86 valence electrons. The molecular weight excluding hydrogens is 238 g/mol. The van der Waals surface area contributed by atoms with E-state index >= 15 is 0 Å². The lowest BCUT2D eigenvalue weighted by Crippen LogP contribution is -2.31. The summed E-state index contributed by atoms with van der Waals surface area (Å²) in [5, 5.41) is 2.99. The smallest absolute Gasteiger partial charge is 0.251 e. The van der Waals surface area contributed by atoms with Crippen LogP contribution in [0, 0.1) is 0 Å². The molecule has 0 radical (unpaired) electrons. The van der Waals surface area contributed by atoms with Gasteiger partial charge in [0, 0.05) is 21.8 Å². The van der Waals surface area contributed by atoms with Crippen molar-refractivity contribution in [3.8, 4) is 0 Å². The summed E-state index contributed by atoms with van der Waals surface area (Å²) < 4.78 is 0.319. The molecule has 1 aromatic rings. The van der Waals surface area contributed by atoms with E-state index in [1.807, 2.05) is 23.9 Å². The van der Waals surface area contributed by atoms with Crippen molar-refractivity contribution in [2.75, 3.05) is 12.8 Å². The van der Waals surface area contributed by atoms with Crippen LogP contribution < -0.4 is 5.32 Å². The summed E-state index contributed by atoms with van der Waals surface area (Å²) in [6, 6.07) is 7.27. The third-order valence-electron chi connectivity index (χ3n) is 2.94. The van der Waals surface area contributed by atoms with Gasteiger partial charge in [-0.3, -0.25) is 4.79 Å². The van der Waals surface area contributed by atoms with Crippen LogP contribution in [0.2, 0.25) is 0 Å². The molecule has 0 spiro atoms. The number of thioether (sulfide) groups is 1. The van der Waals surface area contributed by atoms with Gasteiger partial charge in [-0.15, -0.1) is 12.6 Å². The molecule has 1 aromatic carbocycles. The molecule has 1 N–H and O–H groups in total. The highest BCUT2D eigenvalue weighted by Gasteiger charge is 2.41. The Morgan fingerprint density at radius 2 is 2.06 bits per heavy atom. The molecule has 0 heterocycles. The van der Waals surface area contributed by atoms with Crippen molar-refractivity contribution in [3.05, 3.63) is 29.8 Å². The van der Waals surface area contributed by atoms with E-state index in [-0.39, 0.29) is 5.91 Å². The highest BCUT2D eigenvalue weighted by molar-refractivity contribution is 8.00. The van der Waals surface area contributed by atoms with E-state index in [4.69, 9.17) is 0 Å². The van der Waals surface area contributed by atoms with Crippen LogP contribution >= 0.6 is 24.4 Å². The molecule has 0 aromatic heterocycles. The van der Waals surface area contributed by atoms with E-state index in [9.17, 15) is 4.79 Å². The maximum atomic E-state index is 11.8. The largest absolute Gasteiger partial charge is 0.351 e. The molecule has 0 saturated heterocycles. The van der Waals surface area contributed by atoms with Crippen LogP contribution in [0.15, 0.2) is 29.2 Å². The van der Waals surface area contributed by atoms with E-state index in [1.165, 1.54) is 12.8 Å². The second-order valence-corrected chi connectivity index (χ2v) is 5.91. The summed E-state index contributed by atoms with van der Waals surface area (Å²) in [5.41, 5.74) is 0.703. The Kier molecular flexibility index (Phi) is 3.50. The molecule has 1 aliphatic rings. The molecule has 1 aliphatic carbocycles. The third kappa shape index (κ3) is 2.74. The van der Waals surface area contributed by atoms with Gasteiger partial charge in [0.1, 0.15) is 0 Å². The van der Waals surface area contributed by atoms with Crippen LogP contribution in [0.3, 0.4) is 0 Å². The van der Waals surface area contributed by atoms with Crippen LogP contribution in [0.25, 0.3) is 0 Å². The molecule has 0 bridgehead atoms. The lowest BCUT2D eigenvalue weighted by molar-refractivity contribution is 0.0953. The first-order valence-electron chi connectivity index (χ1n) is 5.28. The Morgan fingerprint density at radius 3 is 2.56 bits per heavy atom. The van der Waals surface area contributed by atoms with Gasteiger partial charge in [0.25, 0.3) is 5.91 Å².